The van der Waals surface area contributed by atoms with Gasteiger partial charge in [0, 0.05) is 30.5 Å². The van der Waals surface area contributed by atoms with Gasteiger partial charge in [0.1, 0.15) is 0 Å². The molecule has 3 N–H and O–H groups in total. The van der Waals surface area contributed by atoms with Crippen molar-refractivity contribution in [2.45, 2.75) is 25.8 Å². The summed E-state index contributed by atoms with van der Waals surface area (Å²) in [7, 11) is 0. The third kappa shape index (κ3) is 4.91. The second-order valence-electron chi connectivity index (χ2n) is 7.96. The molecule has 2 heterocycles. The third-order valence-electron chi connectivity index (χ3n) is 5.79. The van der Waals surface area contributed by atoms with E-state index in [9.17, 15) is 9.59 Å². The van der Waals surface area contributed by atoms with Crippen molar-refractivity contribution >= 4 is 17.5 Å². The van der Waals surface area contributed by atoms with Crippen LogP contribution in [0.5, 0.6) is 11.5 Å². The quantitative estimate of drug-likeness (QED) is 0.675. The van der Waals surface area contributed by atoms with Crippen LogP contribution in [0, 0.1) is 5.92 Å². The minimum atomic E-state index is -0.0366. The topological polar surface area (TPSA) is 81.1 Å². The van der Waals surface area contributed by atoms with Crippen LogP contribution in [-0.2, 0) is 9.59 Å². The fourth-order valence-corrected chi connectivity index (χ4v) is 4.03. The van der Waals surface area contributed by atoms with Crippen LogP contribution >= 0.6 is 0 Å². The molecule has 0 radical (unpaired) electrons. The minimum Gasteiger partial charge on any atom is -0.454 e. The molecule has 30 heavy (non-hydrogen) atoms. The van der Waals surface area contributed by atoms with Gasteiger partial charge in [-0.15, -0.1) is 0 Å². The number of benzene rings is 2. The highest BCUT2D eigenvalue weighted by atomic mass is 16.7. The van der Waals surface area contributed by atoms with E-state index in [1.165, 1.54) is 4.90 Å². The molecule has 0 spiro atoms. The molecule has 2 aliphatic heterocycles. The lowest BCUT2D eigenvalue weighted by molar-refractivity contribution is -0.897. The average Bonchev–Trinajstić information content (AvgIpc) is 3.22. The first-order valence-electron chi connectivity index (χ1n) is 10.5. The van der Waals surface area contributed by atoms with E-state index in [2.05, 4.69) is 10.6 Å². The number of carbonyl (C=O) groups excluding carboxylic acids is 2. The summed E-state index contributed by atoms with van der Waals surface area (Å²) in [5.74, 6) is 1.39. The maximum atomic E-state index is 12.6. The Morgan fingerprint density at radius 1 is 1.07 bits per heavy atom. The lowest BCUT2D eigenvalue weighted by Crippen LogP contribution is -3.14. The summed E-state index contributed by atoms with van der Waals surface area (Å²) in [4.78, 5) is 26.3. The van der Waals surface area contributed by atoms with Gasteiger partial charge in [-0.2, -0.15) is 0 Å². The Kier molecular flexibility index (Phi) is 6.18. The number of anilines is 1. The van der Waals surface area contributed by atoms with Gasteiger partial charge in [0.15, 0.2) is 18.0 Å². The first kappa shape index (κ1) is 20.2. The van der Waals surface area contributed by atoms with Gasteiger partial charge in [-0.05, 0) is 24.6 Å². The van der Waals surface area contributed by atoms with Crippen molar-refractivity contribution in [3.8, 4) is 11.5 Å². The standard InChI is InChI=1S/C23H27N3O4/c1-16(17-5-3-2-4-6-17)24-22(27)14-26-11-9-18(10-12-26)23(28)25-19-7-8-20-21(13-19)30-15-29-20/h2-8,13,16,18H,9-12,14-15H2,1H3,(H,24,27)(H,25,28)/p+1/t16-/m0/s1. The number of piperidine rings is 1. The van der Waals surface area contributed by atoms with Crippen molar-refractivity contribution in [1.82, 2.24) is 5.32 Å². The van der Waals surface area contributed by atoms with Crippen LogP contribution in [0.2, 0.25) is 0 Å². The largest absolute Gasteiger partial charge is 0.454 e. The molecule has 1 saturated heterocycles. The van der Waals surface area contributed by atoms with E-state index < -0.39 is 0 Å². The van der Waals surface area contributed by atoms with Crippen molar-refractivity contribution in [2.75, 3.05) is 31.7 Å². The van der Waals surface area contributed by atoms with E-state index in [4.69, 9.17) is 9.47 Å². The number of carbonyl (C=O) groups is 2. The van der Waals surface area contributed by atoms with Crippen molar-refractivity contribution in [3.63, 3.8) is 0 Å². The number of hydrogen-bond acceptors (Lipinski definition) is 4. The molecular formula is C23H28N3O4+. The number of quaternary nitrogens is 1. The number of fused-ring (bicyclic) bond motifs is 1. The molecule has 0 aromatic heterocycles. The van der Waals surface area contributed by atoms with Crippen molar-refractivity contribution in [3.05, 3.63) is 54.1 Å². The lowest BCUT2D eigenvalue weighted by Gasteiger charge is -2.28. The summed E-state index contributed by atoms with van der Waals surface area (Å²) in [5, 5.41) is 6.05. The highest BCUT2D eigenvalue weighted by Crippen LogP contribution is 2.34. The summed E-state index contributed by atoms with van der Waals surface area (Å²) in [6, 6.07) is 15.4. The smallest absolute Gasteiger partial charge is 0.275 e. The molecule has 0 aliphatic carbocycles. The van der Waals surface area contributed by atoms with Crippen LogP contribution in [0.4, 0.5) is 5.69 Å². The zero-order chi connectivity index (χ0) is 20.9. The average molecular weight is 410 g/mol. The molecule has 0 unspecified atom stereocenters. The molecule has 0 bridgehead atoms. The Balaban J connectivity index is 1.21. The fourth-order valence-electron chi connectivity index (χ4n) is 4.03. The summed E-state index contributed by atoms with van der Waals surface area (Å²) < 4.78 is 10.7. The van der Waals surface area contributed by atoms with E-state index in [0.717, 1.165) is 31.5 Å². The number of nitrogens with one attached hydrogen (secondary N) is 3. The Labute approximate surface area is 176 Å². The summed E-state index contributed by atoms with van der Waals surface area (Å²) in [6.45, 7) is 4.27. The van der Waals surface area contributed by atoms with Gasteiger partial charge in [-0.3, -0.25) is 9.59 Å². The van der Waals surface area contributed by atoms with E-state index in [1.54, 1.807) is 12.1 Å². The SMILES string of the molecule is C[C@H](NC(=O)C[NH+]1CCC(C(=O)Nc2ccc3c(c2)OCO3)CC1)c1ccccc1. The number of amides is 2. The highest BCUT2D eigenvalue weighted by Gasteiger charge is 2.29. The van der Waals surface area contributed by atoms with E-state index in [-0.39, 0.29) is 30.6 Å². The highest BCUT2D eigenvalue weighted by molar-refractivity contribution is 5.93. The van der Waals surface area contributed by atoms with Gasteiger partial charge in [-0.1, -0.05) is 30.3 Å². The molecule has 158 valence electrons. The monoisotopic (exact) mass is 410 g/mol. The van der Waals surface area contributed by atoms with E-state index in [1.807, 2.05) is 43.3 Å². The number of ether oxygens (including phenoxy) is 2. The van der Waals surface area contributed by atoms with Crippen LogP contribution in [-0.4, -0.2) is 38.2 Å². The van der Waals surface area contributed by atoms with Gasteiger partial charge in [0.05, 0.1) is 19.1 Å². The maximum Gasteiger partial charge on any atom is 0.275 e. The Morgan fingerprint density at radius 3 is 2.57 bits per heavy atom. The molecule has 7 heteroatoms. The van der Waals surface area contributed by atoms with Gasteiger partial charge in [0.25, 0.3) is 5.91 Å². The molecule has 2 aromatic carbocycles. The Hall–Kier alpha value is -3.06. The summed E-state index contributed by atoms with van der Waals surface area (Å²) >= 11 is 0. The molecule has 2 aromatic rings. The molecule has 1 atom stereocenters. The molecule has 2 amide bonds. The van der Waals surface area contributed by atoms with Crippen molar-refractivity contribution in [1.29, 1.82) is 0 Å². The van der Waals surface area contributed by atoms with Crippen LogP contribution in [0.25, 0.3) is 0 Å². The summed E-state index contributed by atoms with van der Waals surface area (Å²) in [5.41, 5.74) is 1.81. The number of likely N-dealkylation sites (tertiary alicyclic amines) is 1. The molecule has 4 rings (SSSR count). The molecule has 1 fully saturated rings. The predicted molar refractivity (Wildman–Crippen MR) is 112 cm³/mol. The zero-order valence-electron chi connectivity index (χ0n) is 17.1. The van der Waals surface area contributed by atoms with Gasteiger partial charge < -0.3 is 25.0 Å². The summed E-state index contributed by atoms with van der Waals surface area (Å²) in [6.07, 6.45) is 1.54. The van der Waals surface area contributed by atoms with Gasteiger partial charge >= 0.3 is 0 Å². The van der Waals surface area contributed by atoms with Crippen LogP contribution in [0.15, 0.2) is 48.5 Å². The van der Waals surface area contributed by atoms with E-state index in [0.29, 0.717) is 23.7 Å². The molecule has 0 saturated carbocycles. The van der Waals surface area contributed by atoms with Crippen LogP contribution < -0.4 is 25.0 Å². The second kappa shape index (κ2) is 9.17. The first-order chi connectivity index (χ1) is 14.6. The normalized spacial score (nSPS) is 21.0. The van der Waals surface area contributed by atoms with Crippen LogP contribution in [0.3, 0.4) is 0 Å². The van der Waals surface area contributed by atoms with Crippen molar-refractivity contribution in [2.24, 2.45) is 5.92 Å². The Bertz CT molecular complexity index is 895. The molecule has 2 aliphatic rings. The number of rotatable bonds is 6. The van der Waals surface area contributed by atoms with Crippen molar-refractivity contribution < 1.29 is 24.0 Å². The Morgan fingerprint density at radius 2 is 1.80 bits per heavy atom. The zero-order valence-corrected chi connectivity index (χ0v) is 17.1. The lowest BCUT2D eigenvalue weighted by atomic mass is 9.95. The molecular weight excluding hydrogens is 382 g/mol. The van der Waals surface area contributed by atoms with E-state index >= 15 is 0 Å². The predicted octanol–water partition coefficient (Wildman–Crippen LogP) is 1.53. The minimum absolute atomic E-state index is 0.0110. The van der Waals surface area contributed by atoms with Gasteiger partial charge in [-0.25, -0.2) is 0 Å². The van der Waals surface area contributed by atoms with Gasteiger partial charge in [0.2, 0.25) is 12.7 Å². The van der Waals surface area contributed by atoms with Crippen LogP contribution in [0.1, 0.15) is 31.4 Å². The number of hydrogen-bond donors (Lipinski definition) is 3. The maximum absolute atomic E-state index is 12.6. The third-order valence-corrected chi connectivity index (χ3v) is 5.79. The second-order valence-corrected chi connectivity index (χ2v) is 7.96. The fraction of sp³-hybridized carbons (Fsp3) is 0.391. The molecule has 7 nitrogen and oxygen atoms in total. The first-order valence-corrected chi connectivity index (χ1v) is 10.5.